The van der Waals surface area contributed by atoms with Crippen molar-refractivity contribution in [3.63, 3.8) is 0 Å². The second-order valence-electron chi connectivity index (χ2n) is 18.3. The van der Waals surface area contributed by atoms with Crippen LogP contribution in [0.5, 0.6) is 0 Å². The Kier molecular flexibility index (Phi) is 7.04. The van der Waals surface area contributed by atoms with Gasteiger partial charge < -0.3 is 44.8 Å². The standard InChI is InChI=1S/C35H58O9/c1-29(2)22(43-28-25(40)24(39)20(38)16-42-28)9-11-35-17-34(35)13-12-31(5)27(33(7)10-8-23(44-33)30(3,4)41)19(37)15-32(31,6)21(34)14-18(36)26(29)35/h18-28,36-41H,8-17H2,1-7H3/t18-,19+,20+,21-,22-,23+,24+,25+,26-,27-,28+,31-,32+,33-,34+,35-/m1/s1. The predicted molar refractivity (Wildman–Crippen MR) is 161 cm³/mol. The average molecular weight is 623 g/mol. The number of hydrogen-bond acceptors (Lipinski definition) is 9. The Labute approximate surface area is 262 Å². The van der Waals surface area contributed by atoms with Gasteiger partial charge in [-0.2, -0.15) is 0 Å². The average Bonchev–Trinajstić information content (AvgIpc) is 3.27. The third kappa shape index (κ3) is 3.97. The molecule has 5 saturated carbocycles. The molecule has 0 amide bonds. The van der Waals surface area contributed by atoms with Crippen LogP contribution < -0.4 is 0 Å². The van der Waals surface area contributed by atoms with Crippen LogP contribution >= 0.6 is 0 Å². The number of hydrogen-bond donors (Lipinski definition) is 6. The van der Waals surface area contributed by atoms with Gasteiger partial charge in [0.25, 0.3) is 0 Å². The highest BCUT2D eigenvalue weighted by atomic mass is 16.7. The molecule has 2 saturated heterocycles. The molecule has 0 radical (unpaired) electrons. The van der Waals surface area contributed by atoms with Gasteiger partial charge in [-0.25, -0.2) is 0 Å². The van der Waals surface area contributed by atoms with Crippen LogP contribution in [0.1, 0.15) is 106 Å². The van der Waals surface area contributed by atoms with Crippen LogP contribution in [0.3, 0.4) is 0 Å². The van der Waals surface area contributed by atoms with Crippen LogP contribution in [0.15, 0.2) is 0 Å². The molecule has 16 atom stereocenters. The van der Waals surface area contributed by atoms with Gasteiger partial charge >= 0.3 is 0 Å². The van der Waals surface area contributed by atoms with Crippen molar-refractivity contribution in [3.05, 3.63) is 0 Å². The number of rotatable bonds is 4. The van der Waals surface area contributed by atoms with Gasteiger partial charge in [0, 0.05) is 5.92 Å². The third-order valence-electron chi connectivity index (χ3n) is 15.5. The molecule has 9 heteroatoms. The molecule has 0 aromatic carbocycles. The van der Waals surface area contributed by atoms with E-state index in [-0.39, 0.29) is 52.3 Å². The van der Waals surface area contributed by atoms with Crippen LogP contribution in [-0.2, 0) is 14.2 Å². The Morgan fingerprint density at radius 3 is 2.11 bits per heavy atom. The van der Waals surface area contributed by atoms with E-state index in [2.05, 4.69) is 34.6 Å². The summed E-state index contributed by atoms with van der Waals surface area (Å²) >= 11 is 0. The largest absolute Gasteiger partial charge is 0.393 e. The van der Waals surface area contributed by atoms with E-state index in [1.54, 1.807) is 0 Å². The fourth-order valence-electron chi connectivity index (χ4n) is 13.4. The lowest BCUT2D eigenvalue weighted by Crippen LogP contribution is -2.63. The summed E-state index contributed by atoms with van der Waals surface area (Å²) in [5, 5.41) is 65.5. The van der Waals surface area contributed by atoms with Crippen molar-refractivity contribution < 1.29 is 44.8 Å². The number of aliphatic hydroxyl groups is 6. The molecule has 0 aromatic heterocycles. The quantitative estimate of drug-likeness (QED) is 0.260. The summed E-state index contributed by atoms with van der Waals surface area (Å²) in [4.78, 5) is 0. The van der Waals surface area contributed by atoms with Crippen molar-refractivity contribution in [2.45, 2.75) is 166 Å². The molecule has 2 heterocycles. The normalized spacial score (nSPS) is 59.8. The fourth-order valence-corrected chi connectivity index (χ4v) is 13.4. The lowest BCUT2D eigenvalue weighted by atomic mass is 9.41. The molecule has 44 heavy (non-hydrogen) atoms. The molecular weight excluding hydrogens is 564 g/mol. The molecule has 7 rings (SSSR count). The Balaban J connectivity index is 1.15. The van der Waals surface area contributed by atoms with E-state index in [1.165, 1.54) is 0 Å². The molecule has 7 fully saturated rings. The predicted octanol–water partition coefficient (Wildman–Crippen LogP) is 2.90. The Morgan fingerprint density at radius 1 is 0.750 bits per heavy atom. The van der Waals surface area contributed by atoms with Crippen molar-refractivity contribution in [2.75, 3.05) is 6.61 Å². The second-order valence-corrected chi connectivity index (χ2v) is 18.3. The molecule has 6 N–H and O–H groups in total. The van der Waals surface area contributed by atoms with Crippen molar-refractivity contribution in [2.24, 2.45) is 44.8 Å². The molecule has 7 aliphatic rings. The van der Waals surface area contributed by atoms with Gasteiger partial charge in [0.1, 0.15) is 18.3 Å². The zero-order valence-electron chi connectivity index (χ0n) is 27.8. The Hall–Kier alpha value is -0.360. The molecule has 9 nitrogen and oxygen atoms in total. The fraction of sp³-hybridized carbons (Fsp3) is 1.00. The molecule has 0 aromatic rings. The van der Waals surface area contributed by atoms with Gasteiger partial charge in [0.2, 0.25) is 0 Å². The maximum Gasteiger partial charge on any atom is 0.186 e. The van der Waals surface area contributed by atoms with Crippen molar-refractivity contribution in [1.29, 1.82) is 0 Å². The van der Waals surface area contributed by atoms with E-state index in [4.69, 9.17) is 14.2 Å². The first-order valence-corrected chi connectivity index (χ1v) is 17.4. The summed E-state index contributed by atoms with van der Waals surface area (Å²) in [6.07, 6.45) is 1.57. The van der Waals surface area contributed by atoms with E-state index in [1.807, 2.05) is 13.8 Å². The summed E-state index contributed by atoms with van der Waals surface area (Å²) in [6, 6.07) is 0. The zero-order chi connectivity index (χ0) is 32.0. The molecule has 2 aliphatic heterocycles. The molecule has 0 bridgehead atoms. The van der Waals surface area contributed by atoms with Crippen molar-refractivity contribution >= 4 is 0 Å². The Morgan fingerprint density at radius 2 is 1.45 bits per heavy atom. The van der Waals surface area contributed by atoms with Gasteiger partial charge in [0.15, 0.2) is 6.29 Å². The van der Waals surface area contributed by atoms with E-state index < -0.39 is 53.4 Å². The minimum absolute atomic E-state index is 0.00753. The van der Waals surface area contributed by atoms with Gasteiger partial charge in [-0.3, -0.25) is 0 Å². The summed E-state index contributed by atoms with van der Waals surface area (Å²) < 4.78 is 18.7. The van der Waals surface area contributed by atoms with Gasteiger partial charge in [-0.05, 0) is 117 Å². The molecule has 2 spiro atoms. The molecule has 5 aliphatic carbocycles. The number of ether oxygens (including phenoxy) is 3. The van der Waals surface area contributed by atoms with Crippen molar-refractivity contribution in [1.82, 2.24) is 0 Å². The van der Waals surface area contributed by atoms with E-state index in [0.717, 1.165) is 44.9 Å². The summed E-state index contributed by atoms with van der Waals surface area (Å²) in [7, 11) is 0. The van der Waals surface area contributed by atoms with Gasteiger partial charge in [0.05, 0.1) is 42.2 Å². The van der Waals surface area contributed by atoms with Gasteiger partial charge in [-0.15, -0.1) is 0 Å². The lowest BCUT2D eigenvalue weighted by molar-refractivity contribution is -0.306. The maximum absolute atomic E-state index is 12.1. The van der Waals surface area contributed by atoms with E-state index in [0.29, 0.717) is 18.8 Å². The number of aliphatic hydroxyl groups excluding tert-OH is 5. The summed E-state index contributed by atoms with van der Waals surface area (Å²) in [5.41, 5.74) is -2.01. The van der Waals surface area contributed by atoms with Crippen LogP contribution in [0.2, 0.25) is 0 Å². The van der Waals surface area contributed by atoms with Crippen LogP contribution in [0, 0.1) is 44.8 Å². The van der Waals surface area contributed by atoms with E-state index in [9.17, 15) is 30.6 Å². The Bertz CT molecular complexity index is 1160. The summed E-state index contributed by atoms with van der Waals surface area (Å²) in [5.74, 6) is 0.285. The molecule has 252 valence electrons. The van der Waals surface area contributed by atoms with Crippen LogP contribution in [0.25, 0.3) is 0 Å². The summed E-state index contributed by atoms with van der Waals surface area (Å²) in [6.45, 7) is 14.8. The SMILES string of the molecule is CC(C)(O)[C@@H]1CC[C@](C)([C@@H]2[C@@H](O)C[C@@]3(C)[C@H]4C[C@@H](O)[C@@H]5C(C)(C)[C@H](O[C@@H]6OC[C@H](O)[C@H](O)[C@@H]6O)CC[C@@]56C[C@@]46CC[C@]23C)O1. The second kappa shape index (κ2) is 9.63. The minimum Gasteiger partial charge on any atom is -0.393 e. The van der Waals surface area contributed by atoms with Gasteiger partial charge in [-0.1, -0.05) is 27.7 Å². The zero-order valence-corrected chi connectivity index (χ0v) is 27.8. The molecular formula is C35H58O9. The first-order chi connectivity index (χ1) is 20.3. The highest BCUT2D eigenvalue weighted by molar-refractivity contribution is 5.33. The lowest BCUT2D eigenvalue weighted by Gasteiger charge is -2.64. The maximum atomic E-state index is 12.1. The van der Waals surface area contributed by atoms with Crippen molar-refractivity contribution in [3.8, 4) is 0 Å². The first kappa shape index (κ1) is 32.2. The monoisotopic (exact) mass is 622 g/mol. The smallest absolute Gasteiger partial charge is 0.186 e. The first-order valence-electron chi connectivity index (χ1n) is 17.4. The topological polar surface area (TPSA) is 149 Å². The molecule has 0 unspecified atom stereocenters. The van der Waals surface area contributed by atoms with Crippen LogP contribution in [-0.4, -0.2) is 97.5 Å². The highest BCUT2D eigenvalue weighted by Gasteiger charge is 2.85. The third-order valence-corrected chi connectivity index (χ3v) is 15.5. The highest BCUT2D eigenvalue weighted by Crippen LogP contribution is 2.89. The number of fused-ring (bicyclic) bond motifs is 2. The van der Waals surface area contributed by atoms with Crippen LogP contribution in [0.4, 0.5) is 0 Å². The minimum atomic E-state index is -1.33. The van der Waals surface area contributed by atoms with E-state index >= 15 is 0 Å².